The molecular formula is C21H24O4. The lowest BCUT2D eigenvalue weighted by Crippen LogP contribution is -2.04. The number of rotatable bonds is 10. The van der Waals surface area contributed by atoms with Crippen LogP contribution in [0.5, 0.6) is 5.75 Å². The van der Waals surface area contributed by atoms with Gasteiger partial charge < -0.3 is 18.9 Å². The van der Waals surface area contributed by atoms with Gasteiger partial charge in [0.05, 0.1) is 32.7 Å². The molecule has 0 amide bonds. The van der Waals surface area contributed by atoms with Crippen LogP contribution in [0.25, 0.3) is 0 Å². The van der Waals surface area contributed by atoms with E-state index in [4.69, 9.17) is 18.9 Å². The zero-order valence-corrected chi connectivity index (χ0v) is 14.5. The molecule has 0 N–H and O–H groups in total. The van der Waals surface area contributed by atoms with Crippen LogP contribution in [0.2, 0.25) is 0 Å². The first-order valence-electron chi connectivity index (χ1n) is 8.52. The molecule has 0 aromatic heterocycles. The van der Waals surface area contributed by atoms with Crippen molar-refractivity contribution in [2.75, 3.05) is 13.7 Å². The number of benzene rings is 2. The van der Waals surface area contributed by atoms with Crippen LogP contribution in [-0.4, -0.2) is 25.9 Å². The van der Waals surface area contributed by atoms with Crippen LogP contribution < -0.4 is 4.74 Å². The van der Waals surface area contributed by atoms with Gasteiger partial charge in [0.1, 0.15) is 18.5 Å². The number of hydrogen-bond acceptors (Lipinski definition) is 4. The van der Waals surface area contributed by atoms with Crippen molar-refractivity contribution in [3.63, 3.8) is 0 Å². The summed E-state index contributed by atoms with van der Waals surface area (Å²) in [6, 6.07) is 18.0. The molecule has 1 aliphatic rings. The normalized spacial score (nSPS) is 19.1. The van der Waals surface area contributed by atoms with Crippen molar-refractivity contribution < 1.29 is 18.9 Å². The number of methoxy groups -OCH3 is 1. The third-order valence-corrected chi connectivity index (χ3v) is 4.05. The Hall–Kier alpha value is -2.30. The summed E-state index contributed by atoms with van der Waals surface area (Å²) in [5.41, 5.74) is 2.30. The minimum Gasteiger partial charge on any atom is -0.497 e. The molecule has 2 atom stereocenters. The molecule has 0 unspecified atom stereocenters. The van der Waals surface area contributed by atoms with Crippen LogP contribution in [-0.2, 0) is 27.4 Å². The Bertz CT molecular complexity index is 651. The average molecular weight is 340 g/mol. The van der Waals surface area contributed by atoms with Crippen molar-refractivity contribution >= 4 is 0 Å². The molecule has 0 bridgehead atoms. The fraction of sp³-hybridized carbons (Fsp3) is 0.333. The van der Waals surface area contributed by atoms with Crippen LogP contribution in [0.1, 0.15) is 17.5 Å². The highest BCUT2D eigenvalue weighted by Gasteiger charge is 2.37. The highest BCUT2D eigenvalue weighted by Crippen LogP contribution is 2.26. The summed E-state index contributed by atoms with van der Waals surface area (Å²) >= 11 is 0. The van der Waals surface area contributed by atoms with Gasteiger partial charge in [0, 0.05) is 0 Å². The maximum Gasteiger partial charge on any atom is 0.118 e. The van der Waals surface area contributed by atoms with Crippen molar-refractivity contribution in [1.82, 2.24) is 0 Å². The first-order valence-corrected chi connectivity index (χ1v) is 8.52. The lowest BCUT2D eigenvalue weighted by Gasteiger charge is -2.03. The molecule has 0 aliphatic carbocycles. The number of ether oxygens (including phenoxy) is 4. The zero-order chi connectivity index (χ0) is 17.3. The van der Waals surface area contributed by atoms with Crippen molar-refractivity contribution in [3.05, 3.63) is 78.1 Å². The first kappa shape index (κ1) is 17.5. The van der Waals surface area contributed by atoms with Gasteiger partial charge in [0.25, 0.3) is 0 Å². The molecular weight excluding hydrogens is 316 g/mol. The van der Waals surface area contributed by atoms with Gasteiger partial charge in [-0.2, -0.15) is 0 Å². The smallest absolute Gasteiger partial charge is 0.118 e. The topological polar surface area (TPSA) is 40.2 Å². The average Bonchev–Trinajstić information content (AvgIpc) is 3.41. The van der Waals surface area contributed by atoms with Gasteiger partial charge in [-0.3, -0.25) is 0 Å². The number of epoxide rings is 1. The van der Waals surface area contributed by atoms with E-state index >= 15 is 0 Å². The third-order valence-electron chi connectivity index (χ3n) is 4.05. The largest absolute Gasteiger partial charge is 0.497 e. The van der Waals surface area contributed by atoms with Crippen LogP contribution in [0.15, 0.2) is 66.9 Å². The Morgan fingerprint density at radius 3 is 2.44 bits per heavy atom. The minimum absolute atomic E-state index is 0.204. The maximum atomic E-state index is 5.69. The summed E-state index contributed by atoms with van der Waals surface area (Å²) in [5, 5.41) is 0. The van der Waals surface area contributed by atoms with Gasteiger partial charge in [-0.05, 0) is 35.8 Å². The molecule has 1 heterocycles. The van der Waals surface area contributed by atoms with Crippen molar-refractivity contribution in [1.29, 1.82) is 0 Å². The van der Waals surface area contributed by atoms with Crippen LogP contribution in [0, 0.1) is 0 Å². The summed E-state index contributed by atoms with van der Waals surface area (Å²) < 4.78 is 22.0. The first-order chi connectivity index (χ1) is 12.3. The Morgan fingerprint density at radius 1 is 0.920 bits per heavy atom. The molecule has 2 aromatic carbocycles. The van der Waals surface area contributed by atoms with Gasteiger partial charge in [-0.1, -0.05) is 42.5 Å². The molecule has 4 nitrogen and oxygen atoms in total. The Balaban J connectivity index is 1.25. The molecule has 3 rings (SSSR count). The summed E-state index contributed by atoms with van der Waals surface area (Å²) in [6.45, 7) is 1.82. The molecule has 1 aliphatic heterocycles. The molecule has 132 valence electrons. The van der Waals surface area contributed by atoms with Crippen molar-refractivity contribution in [2.24, 2.45) is 0 Å². The highest BCUT2D eigenvalue weighted by molar-refractivity contribution is 5.26. The van der Waals surface area contributed by atoms with E-state index in [1.54, 1.807) is 13.4 Å². The Morgan fingerprint density at radius 2 is 1.68 bits per heavy atom. The summed E-state index contributed by atoms with van der Waals surface area (Å²) in [5.74, 6) is 0.852. The van der Waals surface area contributed by atoms with Crippen LogP contribution in [0.3, 0.4) is 0 Å². The van der Waals surface area contributed by atoms with Gasteiger partial charge in [-0.15, -0.1) is 0 Å². The fourth-order valence-corrected chi connectivity index (χ4v) is 2.52. The summed E-state index contributed by atoms with van der Waals surface area (Å²) in [4.78, 5) is 0. The highest BCUT2D eigenvalue weighted by atomic mass is 16.6. The summed E-state index contributed by atoms with van der Waals surface area (Å²) in [6.07, 6.45) is 5.05. The molecule has 4 heteroatoms. The monoisotopic (exact) mass is 340 g/mol. The Labute approximate surface area is 149 Å². The van der Waals surface area contributed by atoms with Crippen LogP contribution >= 0.6 is 0 Å². The molecule has 0 spiro atoms. The second-order valence-electron chi connectivity index (χ2n) is 5.98. The van der Waals surface area contributed by atoms with E-state index in [-0.39, 0.29) is 12.2 Å². The molecule has 2 aromatic rings. The lowest BCUT2D eigenvalue weighted by atomic mass is 10.2. The third kappa shape index (κ3) is 5.93. The van der Waals surface area contributed by atoms with E-state index in [9.17, 15) is 0 Å². The second-order valence-corrected chi connectivity index (χ2v) is 5.98. The van der Waals surface area contributed by atoms with E-state index in [1.807, 2.05) is 48.5 Å². The minimum atomic E-state index is 0.204. The van der Waals surface area contributed by atoms with Crippen molar-refractivity contribution in [2.45, 2.75) is 31.8 Å². The standard InChI is InChI=1S/C21H24O4/c1-22-19-11-9-18(10-12-19)14-23-13-5-8-20-21(25-20)16-24-15-17-6-3-2-4-7-17/h2-7,9-13,20-21H,8,14-16H2,1H3/b13-5+/t20-,21-/m0/s1. The van der Waals surface area contributed by atoms with E-state index < -0.39 is 0 Å². The Kier molecular flexibility index (Phi) is 6.48. The van der Waals surface area contributed by atoms with Crippen LogP contribution in [0.4, 0.5) is 0 Å². The van der Waals surface area contributed by atoms with E-state index in [1.165, 1.54) is 5.56 Å². The van der Waals surface area contributed by atoms with Gasteiger partial charge in [0.2, 0.25) is 0 Å². The van der Waals surface area contributed by atoms with Gasteiger partial charge in [-0.25, -0.2) is 0 Å². The van der Waals surface area contributed by atoms with E-state index in [0.717, 1.165) is 17.7 Å². The second kappa shape index (κ2) is 9.25. The SMILES string of the molecule is COc1ccc(CO/C=C/C[C@@H]2O[C@H]2COCc2ccccc2)cc1. The number of hydrogen-bond donors (Lipinski definition) is 0. The predicted octanol–water partition coefficient (Wildman–Crippen LogP) is 4.10. The molecule has 25 heavy (non-hydrogen) atoms. The maximum absolute atomic E-state index is 5.69. The summed E-state index contributed by atoms with van der Waals surface area (Å²) in [7, 11) is 1.66. The van der Waals surface area contributed by atoms with E-state index in [2.05, 4.69) is 12.1 Å². The zero-order valence-electron chi connectivity index (χ0n) is 14.5. The molecule has 0 radical (unpaired) electrons. The lowest BCUT2D eigenvalue weighted by molar-refractivity contribution is 0.104. The predicted molar refractivity (Wildman–Crippen MR) is 96.3 cm³/mol. The molecule has 0 saturated carbocycles. The van der Waals surface area contributed by atoms with Gasteiger partial charge in [0.15, 0.2) is 0 Å². The van der Waals surface area contributed by atoms with Crippen molar-refractivity contribution in [3.8, 4) is 5.75 Å². The molecule has 1 fully saturated rings. The fourth-order valence-electron chi connectivity index (χ4n) is 2.52. The van der Waals surface area contributed by atoms with Gasteiger partial charge >= 0.3 is 0 Å². The molecule has 1 saturated heterocycles. The quantitative estimate of drug-likeness (QED) is 0.482. The van der Waals surface area contributed by atoms with E-state index in [0.29, 0.717) is 19.8 Å².